The Morgan fingerprint density at radius 1 is 1.46 bits per heavy atom. The summed E-state index contributed by atoms with van der Waals surface area (Å²) in [5, 5.41) is 3.03. The molecule has 0 aliphatic heterocycles. The Morgan fingerprint density at radius 2 is 2.23 bits per heavy atom. The standard InChI is InChI=1S/C9H15N3O/c1-4-10-9-11-6-7(3)8(12-9)13-5-2/h6H,4-5H2,1-3H3,(H,10,11,12). The first-order valence-corrected chi connectivity index (χ1v) is 4.48. The summed E-state index contributed by atoms with van der Waals surface area (Å²) in [6.45, 7) is 7.32. The predicted octanol–water partition coefficient (Wildman–Crippen LogP) is 1.62. The van der Waals surface area contributed by atoms with Crippen LogP contribution in [0.4, 0.5) is 5.95 Å². The molecule has 0 spiro atoms. The Balaban J connectivity index is 2.83. The molecular formula is C9H15N3O. The van der Waals surface area contributed by atoms with Crippen molar-refractivity contribution in [1.82, 2.24) is 9.97 Å². The molecule has 0 aromatic carbocycles. The van der Waals surface area contributed by atoms with Gasteiger partial charge in [-0.2, -0.15) is 4.98 Å². The molecule has 1 aromatic heterocycles. The van der Waals surface area contributed by atoms with Gasteiger partial charge in [-0.3, -0.25) is 0 Å². The monoisotopic (exact) mass is 181 g/mol. The number of hydrogen-bond donors (Lipinski definition) is 1. The van der Waals surface area contributed by atoms with E-state index < -0.39 is 0 Å². The van der Waals surface area contributed by atoms with E-state index in [1.165, 1.54) is 0 Å². The van der Waals surface area contributed by atoms with Gasteiger partial charge in [-0.25, -0.2) is 4.98 Å². The zero-order chi connectivity index (χ0) is 9.68. The Hall–Kier alpha value is -1.32. The van der Waals surface area contributed by atoms with Crippen LogP contribution in [0.2, 0.25) is 0 Å². The lowest BCUT2D eigenvalue weighted by Crippen LogP contribution is -2.05. The average molecular weight is 181 g/mol. The zero-order valence-corrected chi connectivity index (χ0v) is 8.29. The Bertz CT molecular complexity index is 276. The molecular weight excluding hydrogens is 166 g/mol. The second-order valence-corrected chi connectivity index (χ2v) is 2.65. The quantitative estimate of drug-likeness (QED) is 0.766. The highest BCUT2D eigenvalue weighted by Crippen LogP contribution is 2.14. The highest BCUT2D eigenvalue weighted by Gasteiger charge is 2.02. The summed E-state index contributed by atoms with van der Waals surface area (Å²) in [7, 11) is 0. The van der Waals surface area contributed by atoms with E-state index in [0.29, 0.717) is 18.4 Å². The summed E-state index contributed by atoms with van der Waals surface area (Å²) in [5.74, 6) is 1.28. The number of nitrogens with zero attached hydrogens (tertiary/aromatic N) is 2. The lowest BCUT2D eigenvalue weighted by Gasteiger charge is -2.07. The molecule has 1 aromatic rings. The summed E-state index contributed by atoms with van der Waals surface area (Å²) in [4.78, 5) is 8.32. The van der Waals surface area contributed by atoms with Gasteiger partial charge in [-0.15, -0.1) is 0 Å². The smallest absolute Gasteiger partial charge is 0.225 e. The zero-order valence-electron chi connectivity index (χ0n) is 8.29. The van der Waals surface area contributed by atoms with E-state index in [9.17, 15) is 0 Å². The number of aromatic nitrogens is 2. The van der Waals surface area contributed by atoms with Gasteiger partial charge in [0.2, 0.25) is 11.8 Å². The van der Waals surface area contributed by atoms with E-state index in [1.54, 1.807) is 6.20 Å². The topological polar surface area (TPSA) is 47.0 Å². The van der Waals surface area contributed by atoms with Gasteiger partial charge in [0.25, 0.3) is 0 Å². The summed E-state index contributed by atoms with van der Waals surface area (Å²) in [6, 6.07) is 0. The maximum atomic E-state index is 5.33. The van der Waals surface area contributed by atoms with Crippen LogP contribution in [0.3, 0.4) is 0 Å². The van der Waals surface area contributed by atoms with Crippen LogP contribution in [-0.4, -0.2) is 23.1 Å². The van der Waals surface area contributed by atoms with Gasteiger partial charge in [0.1, 0.15) is 0 Å². The van der Waals surface area contributed by atoms with Crippen molar-refractivity contribution in [3.05, 3.63) is 11.8 Å². The lowest BCUT2D eigenvalue weighted by molar-refractivity contribution is 0.324. The van der Waals surface area contributed by atoms with Crippen molar-refractivity contribution >= 4 is 5.95 Å². The van der Waals surface area contributed by atoms with Crippen LogP contribution < -0.4 is 10.1 Å². The fourth-order valence-electron chi connectivity index (χ4n) is 0.953. The maximum absolute atomic E-state index is 5.33. The average Bonchev–Trinajstić information content (AvgIpc) is 2.12. The van der Waals surface area contributed by atoms with E-state index >= 15 is 0 Å². The van der Waals surface area contributed by atoms with E-state index in [4.69, 9.17) is 4.74 Å². The molecule has 0 bridgehead atoms. The Kier molecular flexibility index (Phi) is 3.49. The third kappa shape index (κ3) is 2.57. The van der Waals surface area contributed by atoms with Crippen molar-refractivity contribution in [2.24, 2.45) is 0 Å². The minimum absolute atomic E-state index is 0.622. The second-order valence-electron chi connectivity index (χ2n) is 2.65. The number of hydrogen-bond acceptors (Lipinski definition) is 4. The number of anilines is 1. The van der Waals surface area contributed by atoms with Crippen LogP contribution in [0.25, 0.3) is 0 Å². The van der Waals surface area contributed by atoms with Crippen LogP contribution in [-0.2, 0) is 0 Å². The fraction of sp³-hybridized carbons (Fsp3) is 0.556. The molecule has 0 unspecified atom stereocenters. The van der Waals surface area contributed by atoms with E-state index in [2.05, 4.69) is 15.3 Å². The molecule has 0 radical (unpaired) electrons. The molecule has 1 N–H and O–H groups in total. The van der Waals surface area contributed by atoms with Gasteiger partial charge in [-0.05, 0) is 20.8 Å². The molecule has 0 amide bonds. The largest absolute Gasteiger partial charge is 0.478 e. The van der Waals surface area contributed by atoms with Crippen molar-refractivity contribution in [3.63, 3.8) is 0 Å². The number of rotatable bonds is 4. The van der Waals surface area contributed by atoms with Gasteiger partial charge in [-0.1, -0.05) is 0 Å². The van der Waals surface area contributed by atoms with Crippen LogP contribution >= 0.6 is 0 Å². The molecule has 0 aliphatic carbocycles. The van der Waals surface area contributed by atoms with Crippen molar-refractivity contribution in [1.29, 1.82) is 0 Å². The van der Waals surface area contributed by atoms with E-state index in [0.717, 1.165) is 12.1 Å². The highest BCUT2D eigenvalue weighted by molar-refractivity contribution is 5.32. The third-order valence-electron chi connectivity index (χ3n) is 1.54. The third-order valence-corrected chi connectivity index (χ3v) is 1.54. The molecule has 0 saturated carbocycles. The van der Waals surface area contributed by atoms with Crippen LogP contribution in [0.5, 0.6) is 5.88 Å². The van der Waals surface area contributed by atoms with Crippen LogP contribution in [0, 0.1) is 6.92 Å². The Labute approximate surface area is 78.4 Å². The highest BCUT2D eigenvalue weighted by atomic mass is 16.5. The summed E-state index contributed by atoms with van der Waals surface area (Å²) in [5.41, 5.74) is 0.962. The normalized spacial score (nSPS) is 9.77. The molecule has 0 atom stereocenters. The lowest BCUT2D eigenvalue weighted by atomic mass is 10.4. The van der Waals surface area contributed by atoms with Gasteiger partial charge >= 0.3 is 0 Å². The number of aryl methyl sites for hydroxylation is 1. The Morgan fingerprint density at radius 3 is 2.85 bits per heavy atom. The summed E-state index contributed by atoms with van der Waals surface area (Å²) >= 11 is 0. The number of nitrogens with one attached hydrogen (secondary N) is 1. The van der Waals surface area contributed by atoms with E-state index in [1.807, 2.05) is 20.8 Å². The summed E-state index contributed by atoms with van der Waals surface area (Å²) in [6.07, 6.45) is 1.76. The van der Waals surface area contributed by atoms with Crippen molar-refractivity contribution in [2.45, 2.75) is 20.8 Å². The molecule has 4 nitrogen and oxygen atoms in total. The molecule has 0 aliphatic rings. The first-order chi connectivity index (χ1) is 6.27. The van der Waals surface area contributed by atoms with Gasteiger partial charge < -0.3 is 10.1 Å². The predicted molar refractivity (Wildman–Crippen MR) is 52.1 cm³/mol. The second kappa shape index (κ2) is 4.64. The SMILES string of the molecule is CCNc1ncc(C)c(OCC)n1. The van der Waals surface area contributed by atoms with Gasteiger partial charge in [0.05, 0.1) is 6.61 Å². The maximum Gasteiger partial charge on any atom is 0.225 e. The van der Waals surface area contributed by atoms with Crippen molar-refractivity contribution in [3.8, 4) is 5.88 Å². The first kappa shape index (κ1) is 9.77. The molecule has 0 saturated heterocycles. The molecule has 1 rings (SSSR count). The molecule has 1 heterocycles. The van der Waals surface area contributed by atoms with Gasteiger partial charge in [0, 0.05) is 18.3 Å². The van der Waals surface area contributed by atoms with Crippen molar-refractivity contribution in [2.75, 3.05) is 18.5 Å². The molecule has 0 fully saturated rings. The van der Waals surface area contributed by atoms with Gasteiger partial charge in [0.15, 0.2) is 0 Å². The van der Waals surface area contributed by atoms with Crippen molar-refractivity contribution < 1.29 is 4.74 Å². The van der Waals surface area contributed by atoms with Crippen LogP contribution in [0.15, 0.2) is 6.20 Å². The molecule has 4 heteroatoms. The number of ether oxygens (including phenoxy) is 1. The first-order valence-electron chi connectivity index (χ1n) is 4.48. The fourth-order valence-corrected chi connectivity index (χ4v) is 0.953. The van der Waals surface area contributed by atoms with Crippen LogP contribution in [0.1, 0.15) is 19.4 Å². The molecule has 13 heavy (non-hydrogen) atoms. The molecule has 72 valence electrons. The minimum Gasteiger partial charge on any atom is -0.478 e. The minimum atomic E-state index is 0.622. The van der Waals surface area contributed by atoms with E-state index in [-0.39, 0.29) is 0 Å². The summed E-state index contributed by atoms with van der Waals surface area (Å²) < 4.78 is 5.33.